The van der Waals surface area contributed by atoms with Gasteiger partial charge in [0, 0.05) is 38.7 Å². The maximum Gasteiger partial charge on any atom is 0.222 e. The van der Waals surface area contributed by atoms with Crippen molar-refractivity contribution in [1.29, 1.82) is 0 Å². The van der Waals surface area contributed by atoms with E-state index < -0.39 is 0 Å². The second kappa shape index (κ2) is 10.4. The normalized spacial score (nSPS) is 17.0. The lowest BCUT2D eigenvalue weighted by atomic mass is 10.1. The first kappa shape index (κ1) is 18.7. The fourth-order valence-electron chi connectivity index (χ4n) is 2.44. The lowest BCUT2D eigenvalue weighted by Crippen LogP contribution is -2.47. The zero-order chi connectivity index (χ0) is 16.4. The van der Waals surface area contributed by atoms with Crippen LogP contribution in [0.1, 0.15) is 40.5 Å². The summed E-state index contributed by atoms with van der Waals surface area (Å²) < 4.78 is 5.68. The van der Waals surface area contributed by atoms with Gasteiger partial charge in [-0.15, -0.1) is 0 Å². The first-order chi connectivity index (χ1) is 10.6. The summed E-state index contributed by atoms with van der Waals surface area (Å²) in [7, 11) is 0. The molecule has 1 fully saturated rings. The molecule has 1 saturated heterocycles. The van der Waals surface area contributed by atoms with Gasteiger partial charge < -0.3 is 20.3 Å². The fraction of sp³-hybridized carbons (Fsp3) is 0.875. The van der Waals surface area contributed by atoms with Gasteiger partial charge in [0.25, 0.3) is 0 Å². The molecule has 1 rings (SSSR count). The second-order valence-electron chi connectivity index (χ2n) is 5.82. The van der Waals surface area contributed by atoms with Gasteiger partial charge in [0.2, 0.25) is 5.91 Å². The SMILES string of the molecule is CCNC(=NCCNC(=O)C(C)C)N1CCC(OCC)CC1. The Morgan fingerprint density at radius 1 is 1.27 bits per heavy atom. The predicted molar refractivity (Wildman–Crippen MR) is 90.0 cm³/mol. The van der Waals surface area contributed by atoms with E-state index in [-0.39, 0.29) is 11.8 Å². The van der Waals surface area contributed by atoms with E-state index in [1.807, 2.05) is 20.8 Å². The lowest BCUT2D eigenvalue weighted by molar-refractivity contribution is -0.123. The molecule has 6 nitrogen and oxygen atoms in total. The van der Waals surface area contributed by atoms with E-state index in [0.29, 0.717) is 19.2 Å². The van der Waals surface area contributed by atoms with Crippen molar-refractivity contribution in [2.75, 3.05) is 39.3 Å². The van der Waals surface area contributed by atoms with Crippen LogP contribution in [0.15, 0.2) is 4.99 Å². The highest BCUT2D eigenvalue weighted by atomic mass is 16.5. The van der Waals surface area contributed by atoms with Gasteiger partial charge in [-0.25, -0.2) is 0 Å². The van der Waals surface area contributed by atoms with Crippen molar-refractivity contribution in [1.82, 2.24) is 15.5 Å². The van der Waals surface area contributed by atoms with Gasteiger partial charge >= 0.3 is 0 Å². The first-order valence-corrected chi connectivity index (χ1v) is 8.51. The molecule has 0 unspecified atom stereocenters. The van der Waals surface area contributed by atoms with Crippen LogP contribution in [0, 0.1) is 5.92 Å². The van der Waals surface area contributed by atoms with Gasteiger partial charge in [-0.1, -0.05) is 13.8 Å². The average molecular weight is 312 g/mol. The van der Waals surface area contributed by atoms with Crippen LogP contribution in [0.4, 0.5) is 0 Å². The summed E-state index contributed by atoms with van der Waals surface area (Å²) >= 11 is 0. The molecule has 1 aliphatic heterocycles. The molecule has 1 heterocycles. The van der Waals surface area contributed by atoms with Crippen LogP contribution in [-0.4, -0.2) is 62.2 Å². The molecule has 0 aromatic rings. The minimum absolute atomic E-state index is 0.0230. The molecule has 0 atom stereocenters. The number of likely N-dealkylation sites (tertiary alicyclic amines) is 1. The molecule has 1 aliphatic rings. The number of hydrogen-bond donors (Lipinski definition) is 2. The molecule has 0 aromatic carbocycles. The van der Waals surface area contributed by atoms with Crippen LogP contribution in [0.2, 0.25) is 0 Å². The van der Waals surface area contributed by atoms with E-state index in [1.165, 1.54) is 0 Å². The van der Waals surface area contributed by atoms with E-state index in [0.717, 1.165) is 45.0 Å². The number of ether oxygens (including phenoxy) is 1. The third kappa shape index (κ3) is 6.64. The van der Waals surface area contributed by atoms with Crippen LogP contribution in [0.5, 0.6) is 0 Å². The van der Waals surface area contributed by atoms with Gasteiger partial charge in [0.05, 0.1) is 12.6 Å². The summed E-state index contributed by atoms with van der Waals surface area (Å²) in [4.78, 5) is 18.4. The smallest absolute Gasteiger partial charge is 0.222 e. The topological polar surface area (TPSA) is 66.0 Å². The van der Waals surface area contributed by atoms with Crippen molar-refractivity contribution in [3.63, 3.8) is 0 Å². The van der Waals surface area contributed by atoms with Crippen molar-refractivity contribution in [3.8, 4) is 0 Å². The fourth-order valence-corrected chi connectivity index (χ4v) is 2.44. The first-order valence-electron chi connectivity index (χ1n) is 8.51. The molecule has 22 heavy (non-hydrogen) atoms. The predicted octanol–water partition coefficient (Wildman–Crippen LogP) is 1.23. The molecule has 2 N–H and O–H groups in total. The number of piperidine rings is 1. The summed E-state index contributed by atoms with van der Waals surface area (Å²) in [5.41, 5.74) is 0. The largest absolute Gasteiger partial charge is 0.378 e. The lowest BCUT2D eigenvalue weighted by Gasteiger charge is -2.34. The van der Waals surface area contributed by atoms with Gasteiger partial charge in [-0.2, -0.15) is 0 Å². The maximum atomic E-state index is 11.5. The number of rotatable bonds is 7. The number of hydrogen-bond acceptors (Lipinski definition) is 3. The van der Waals surface area contributed by atoms with E-state index in [1.54, 1.807) is 0 Å². The van der Waals surface area contributed by atoms with Crippen LogP contribution < -0.4 is 10.6 Å². The Labute approximate surface area is 134 Å². The standard InChI is InChI=1S/C16H32N4O2/c1-5-17-16(19-10-9-18-15(21)13(3)4)20-11-7-14(8-12-20)22-6-2/h13-14H,5-12H2,1-4H3,(H,17,19)(H,18,21). The van der Waals surface area contributed by atoms with Gasteiger partial charge in [0.1, 0.15) is 0 Å². The van der Waals surface area contributed by atoms with E-state index in [2.05, 4.69) is 27.4 Å². The quantitative estimate of drug-likeness (QED) is 0.421. The molecule has 0 spiro atoms. The number of amides is 1. The average Bonchev–Trinajstić information content (AvgIpc) is 2.51. The monoisotopic (exact) mass is 312 g/mol. The molecule has 128 valence electrons. The summed E-state index contributed by atoms with van der Waals surface area (Å²) in [5.74, 6) is 1.05. The summed E-state index contributed by atoms with van der Waals surface area (Å²) in [6, 6.07) is 0. The second-order valence-corrected chi connectivity index (χ2v) is 5.82. The number of nitrogens with one attached hydrogen (secondary N) is 2. The Morgan fingerprint density at radius 3 is 2.50 bits per heavy atom. The van der Waals surface area contributed by atoms with Crippen molar-refractivity contribution < 1.29 is 9.53 Å². The van der Waals surface area contributed by atoms with Gasteiger partial charge in [0.15, 0.2) is 5.96 Å². The summed E-state index contributed by atoms with van der Waals surface area (Å²) in [6.07, 6.45) is 2.47. The molecule has 0 aliphatic carbocycles. The Balaban J connectivity index is 2.41. The molecule has 1 amide bonds. The van der Waals surface area contributed by atoms with Crippen LogP contribution >= 0.6 is 0 Å². The Morgan fingerprint density at radius 2 is 1.95 bits per heavy atom. The van der Waals surface area contributed by atoms with Crippen molar-refractivity contribution >= 4 is 11.9 Å². The molecule has 0 saturated carbocycles. The van der Waals surface area contributed by atoms with Crippen molar-refractivity contribution in [2.24, 2.45) is 10.9 Å². The maximum absolute atomic E-state index is 11.5. The van der Waals surface area contributed by atoms with Gasteiger partial charge in [-0.05, 0) is 26.7 Å². The highest BCUT2D eigenvalue weighted by Gasteiger charge is 2.21. The molecule has 0 radical (unpaired) electrons. The zero-order valence-electron chi connectivity index (χ0n) is 14.5. The van der Waals surface area contributed by atoms with Crippen molar-refractivity contribution in [2.45, 2.75) is 46.6 Å². The highest BCUT2D eigenvalue weighted by molar-refractivity contribution is 5.80. The van der Waals surface area contributed by atoms with E-state index >= 15 is 0 Å². The zero-order valence-corrected chi connectivity index (χ0v) is 14.5. The van der Waals surface area contributed by atoms with E-state index in [4.69, 9.17) is 4.74 Å². The Hall–Kier alpha value is -1.30. The minimum atomic E-state index is 0.0230. The minimum Gasteiger partial charge on any atom is -0.378 e. The number of nitrogens with zero attached hydrogens (tertiary/aromatic N) is 2. The Bertz CT molecular complexity index is 350. The molecular weight excluding hydrogens is 280 g/mol. The van der Waals surface area contributed by atoms with Gasteiger partial charge in [-0.3, -0.25) is 9.79 Å². The third-order valence-corrected chi connectivity index (χ3v) is 3.68. The number of aliphatic imine (C=N–C) groups is 1. The highest BCUT2D eigenvalue weighted by Crippen LogP contribution is 2.13. The third-order valence-electron chi connectivity index (χ3n) is 3.68. The van der Waals surface area contributed by atoms with Crippen LogP contribution in [0.3, 0.4) is 0 Å². The van der Waals surface area contributed by atoms with Crippen molar-refractivity contribution in [3.05, 3.63) is 0 Å². The summed E-state index contributed by atoms with van der Waals surface area (Å²) in [5, 5.41) is 6.23. The van der Waals surface area contributed by atoms with E-state index in [9.17, 15) is 4.79 Å². The van der Waals surface area contributed by atoms with Crippen LogP contribution in [0.25, 0.3) is 0 Å². The van der Waals surface area contributed by atoms with Crippen LogP contribution in [-0.2, 0) is 9.53 Å². The molecule has 6 heteroatoms. The molecular formula is C16H32N4O2. The molecule has 0 aromatic heterocycles. The number of carbonyl (C=O) groups excluding carboxylic acids is 1. The Kier molecular flexibility index (Phi) is 8.89. The number of guanidine groups is 1. The summed E-state index contributed by atoms with van der Waals surface area (Å²) in [6.45, 7) is 12.7. The molecule has 0 bridgehead atoms. The number of carbonyl (C=O) groups is 1.